The second-order valence-corrected chi connectivity index (χ2v) is 4.29. The molecule has 0 aliphatic rings. The summed E-state index contributed by atoms with van der Waals surface area (Å²) < 4.78 is 5.19. The molecule has 1 aromatic rings. The predicted molar refractivity (Wildman–Crippen MR) is 67.6 cm³/mol. The Hall–Kier alpha value is -1.14. The number of nitrogens with one attached hydrogen (secondary N) is 1. The summed E-state index contributed by atoms with van der Waals surface area (Å²) >= 11 is 5.78. The highest BCUT2D eigenvalue weighted by Gasteiger charge is 2.09. The van der Waals surface area contributed by atoms with E-state index >= 15 is 0 Å². The third kappa shape index (κ3) is 5.14. The van der Waals surface area contributed by atoms with E-state index in [2.05, 4.69) is 25.2 Å². The lowest BCUT2D eigenvalue weighted by Crippen LogP contribution is -2.30. The van der Waals surface area contributed by atoms with Crippen molar-refractivity contribution in [1.82, 2.24) is 19.9 Å². The summed E-state index contributed by atoms with van der Waals surface area (Å²) in [5.74, 6) is 0.433. The van der Waals surface area contributed by atoms with Crippen LogP contribution in [-0.2, 0) is 0 Å². The fourth-order valence-electron chi connectivity index (χ4n) is 1.40. The van der Waals surface area contributed by atoms with Crippen LogP contribution >= 0.6 is 11.6 Å². The van der Waals surface area contributed by atoms with Gasteiger partial charge in [-0.05, 0) is 39.5 Å². The summed E-state index contributed by atoms with van der Waals surface area (Å²) in [6.07, 6.45) is 0. The summed E-state index contributed by atoms with van der Waals surface area (Å²) in [4.78, 5) is 14.0. The molecule has 0 amide bonds. The van der Waals surface area contributed by atoms with Gasteiger partial charge in [-0.1, -0.05) is 0 Å². The molecule has 0 aliphatic heterocycles. The highest BCUT2D eigenvalue weighted by molar-refractivity contribution is 6.28. The Morgan fingerprint density at radius 2 is 2.06 bits per heavy atom. The Morgan fingerprint density at radius 3 is 2.65 bits per heavy atom. The molecule has 17 heavy (non-hydrogen) atoms. The van der Waals surface area contributed by atoms with E-state index in [1.54, 1.807) is 0 Å². The van der Waals surface area contributed by atoms with Gasteiger partial charge in [0.15, 0.2) is 0 Å². The van der Waals surface area contributed by atoms with Gasteiger partial charge in [0.2, 0.25) is 11.2 Å². The van der Waals surface area contributed by atoms with E-state index in [1.807, 2.05) is 27.9 Å². The topological polar surface area (TPSA) is 63.2 Å². The molecule has 6 nitrogen and oxygen atoms in total. The first-order valence-corrected chi connectivity index (χ1v) is 5.84. The van der Waals surface area contributed by atoms with Crippen molar-refractivity contribution in [2.75, 3.05) is 32.6 Å². The van der Waals surface area contributed by atoms with Crippen LogP contribution in [0.1, 0.15) is 13.8 Å². The van der Waals surface area contributed by atoms with E-state index in [0.717, 1.165) is 6.54 Å². The Kier molecular flexibility index (Phi) is 5.37. The van der Waals surface area contributed by atoms with Crippen LogP contribution in [0.4, 0.5) is 5.95 Å². The lowest BCUT2D eigenvalue weighted by molar-refractivity contribution is 0.311. The zero-order chi connectivity index (χ0) is 12.8. The van der Waals surface area contributed by atoms with Crippen molar-refractivity contribution in [3.63, 3.8) is 0 Å². The van der Waals surface area contributed by atoms with Crippen molar-refractivity contribution in [1.29, 1.82) is 0 Å². The molecule has 1 heterocycles. The average Bonchev–Trinajstić information content (AvgIpc) is 2.14. The summed E-state index contributed by atoms with van der Waals surface area (Å²) in [5.41, 5.74) is 0. The van der Waals surface area contributed by atoms with Crippen LogP contribution in [0.3, 0.4) is 0 Å². The molecule has 0 saturated carbocycles. The zero-order valence-electron chi connectivity index (χ0n) is 10.6. The molecule has 1 unspecified atom stereocenters. The van der Waals surface area contributed by atoms with E-state index in [1.165, 1.54) is 0 Å². The molecular weight excluding hydrogens is 242 g/mol. The number of hydrogen-bond donors (Lipinski definition) is 1. The summed E-state index contributed by atoms with van der Waals surface area (Å²) in [6.45, 7) is 5.26. The van der Waals surface area contributed by atoms with E-state index in [9.17, 15) is 0 Å². The lowest BCUT2D eigenvalue weighted by Gasteiger charge is -2.18. The summed E-state index contributed by atoms with van der Waals surface area (Å²) in [5, 5.41) is 3.27. The second-order valence-electron chi connectivity index (χ2n) is 3.95. The molecule has 1 N–H and O–H groups in total. The number of anilines is 1. The first-order chi connectivity index (χ1) is 8.01. The first-order valence-electron chi connectivity index (χ1n) is 5.47. The quantitative estimate of drug-likeness (QED) is 0.831. The van der Waals surface area contributed by atoms with E-state index < -0.39 is 0 Å². The van der Waals surface area contributed by atoms with Gasteiger partial charge in [-0.15, -0.1) is 0 Å². The Morgan fingerprint density at radius 1 is 1.35 bits per heavy atom. The number of aromatic nitrogens is 3. The Labute approximate surface area is 106 Å². The summed E-state index contributed by atoms with van der Waals surface area (Å²) in [6, 6.07) is 0.449. The normalized spacial score (nSPS) is 12.6. The lowest BCUT2D eigenvalue weighted by atomic mass is 10.3. The molecule has 96 valence electrons. The number of likely N-dealkylation sites (N-methyl/N-ethyl adjacent to an activating group) is 1. The average molecular weight is 260 g/mol. The first kappa shape index (κ1) is 13.9. The van der Waals surface area contributed by atoms with E-state index in [0.29, 0.717) is 12.6 Å². The standard InChI is InChI=1S/C10H18ClN5O/c1-5-17-10-14-8(11)13-9(15-10)12-7(2)6-16(3)4/h7H,5-6H2,1-4H3,(H,12,13,14,15). The number of ether oxygens (including phenoxy) is 1. The van der Waals surface area contributed by atoms with Gasteiger partial charge in [0.1, 0.15) is 0 Å². The van der Waals surface area contributed by atoms with Gasteiger partial charge in [-0.2, -0.15) is 15.0 Å². The molecule has 0 bridgehead atoms. The van der Waals surface area contributed by atoms with Crippen LogP contribution in [0.2, 0.25) is 5.28 Å². The fourth-order valence-corrected chi connectivity index (χ4v) is 1.56. The van der Waals surface area contributed by atoms with Crippen LogP contribution in [0.5, 0.6) is 6.01 Å². The van der Waals surface area contributed by atoms with Gasteiger partial charge >= 0.3 is 6.01 Å². The molecule has 1 atom stereocenters. The van der Waals surface area contributed by atoms with Gasteiger partial charge in [0.25, 0.3) is 0 Å². The highest BCUT2D eigenvalue weighted by Crippen LogP contribution is 2.12. The van der Waals surface area contributed by atoms with Crippen LogP contribution in [0, 0.1) is 0 Å². The molecule has 0 aromatic carbocycles. The summed E-state index contributed by atoms with van der Waals surface area (Å²) in [7, 11) is 4.01. The fraction of sp³-hybridized carbons (Fsp3) is 0.700. The molecule has 0 fully saturated rings. The number of hydrogen-bond acceptors (Lipinski definition) is 6. The van der Waals surface area contributed by atoms with Gasteiger partial charge < -0.3 is 15.0 Å². The van der Waals surface area contributed by atoms with Crippen LogP contribution in [0.15, 0.2) is 0 Å². The van der Waals surface area contributed by atoms with Gasteiger partial charge in [-0.25, -0.2) is 0 Å². The van der Waals surface area contributed by atoms with Crippen molar-refractivity contribution in [2.24, 2.45) is 0 Å². The predicted octanol–water partition coefficient (Wildman–Crippen LogP) is 1.29. The zero-order valence-corrected chi connectivity index (χ0v) is 11.3. The molecule has 0 spiro atoms. The van der Waals surface area contributed by atoms with Crippen molar-refractivity contribution in [3.8, 4) is 6.01 Å². The number of nitrogens with zero attached hydrogens (tertiary/aromatic N) is 4. The molecule has 1 rings (SSSR count). The minimum Gasteiger partial charge on any atom is -0.464 e. The molecule has 1 aromatic heterocycles. The van der Waals surface area contributed by atoms with Crippen molar-refractivity contribution in [2.45, 2.75) is 19.9 Å². The van der Waals surface area contributed by atoms with Crippen molar-refractivity contribution in [3.05, 3.63) is 5.28 Å². The molecule has 0 aliphatic carbocycles. The van der Waals surface area contributed by atoms with Crippen LogP contribution in [-0.4, -0.2) is 53.1 Å². The largest absolute Gasteiger partial charge is 0.464 e. The third-order valence-corrected chi connectivity index (χ3v) is 2.04. The van der Waals surface area contributed by atoms with Crippen molar-refractivity contribution >= 4 is 17.5 Å². The van der Waals surface area contributed by atoms with Gasteiger partial charge in [0.05, 0.1) is 6.61 Å². The monoisotopic (exact) mass is 259 g/mol. The minimum atomic E-state index is 0.128. The van der Waals surface area contributed by atoms with Gasteiger partial charge in [0, 0.05) is 12.6 Å². The number of halogens is 1. The molecular formula is C10H18ClN5O. The maximum absolute atomic E-state index is 5.78. The van der Waals surface area contributed by atoms with Crippen molar-refractivity contribution < 1.29 is 4.74 Å². The molecule has 0 radical (unpaired) electrons. The second kappa shape index (κ2) is 6.56. The van der Waals surface area contributed by atoms with E-state index in [4.69, 9.17) is 16.3 Å². The Bertz CT molecular complexity index is 361. The van der Waals surface area contributed by atoms with Crippen LogP contribution in [0.25, 0.3) is 0 Å². The van der Waals surface area contributed by atoms with E-state index in [-0.39, 0.29) is 17.3 Å². The maximum Gasteiger partial charge on any atom is 0.322 e. The molecule has 0 saturated heterocycles. The molecule has 7 heteroatoms. The van der Waals surface area contributed by atoms with Gasteiger partial charge in [-0.3, -0.25) is 0 Å². The smallest absolute Gasteiger partial charge is 0.322 e. The highest BCUT2D eigenvalue weighted by atomic mass is 35.5. The third-order valence-electron chi connectivity index (χ3n) is 1.88. The maximum atomic E-state index is 5.78. The van der Waals surface area contributed by atoms with Crippen LogP contribution < -0.4 is 10.1 Å². The number of rotatable bonds is 6. The SMILES string of the molecule is CCOc1nc(Cl)nc(NC(C)CN(C)C)n1. The minimum absolute atomic E-state index is 0.128. The Balaban J connectivity index is 2.69.